The standard InChI is InChI=1S/C23H28ClFN2O3/c1-3-30-14-4-13-26-23(29)17(2)27(16-19-7-11-21(25)12-8-19)22(28)15-18-5-9-20(24)10-6-18/h5-12,17H,3-4,13-16H2,1-2H3,(H,26,29)/t17-/m1/s1. The highest BCUT2D eigenvalue weighted by atomic mass is 35.5. The van der Waals surface area contributed by atoms with Gasteiger partial charge in [-0.25, -0.2) is 4.39 Å². The van der Waals surface area contributed by atoms with E-state index in [1.165, 1.54) is 17.0 Å². The zero-order valence-electron chi connectivity index (χ0n) is 17.4. The summed E-state index contributed by atoms with van der Waals surface area (Å²) in [6, 6.07) is 12.3. The van der Waals surface area contributed by atoms with E-state index in [9.17, 15) is 14.0 Å². The number of nitrogens with one attached hydrogen (secondary N) is 1. The highest BCUT2D eigenvalue weighted by molar-refractivity contribution is 6.30. The molecule has 0 radical (unpaired) electrons. The van der Waals surface area contributed by atoms with Crippen LogP contribution in [0, 0.1) is 5.82 Å². The number of ether oxygens (including phenoxy) is 1. The van der Waals surface area contributed by atoms with Crippen LogP contribution in [-0.2, 0) is 27.3 Å². The van der Waals surface area contributed by atoms with Crippen LogP contribution in [0.25, 0.3) is 0 Å². The summed E-state index contributed by atoms with van der Waals surface area (Å²) in [5.41, 5.74) is 1.55. The van der Waals surface area contributed by atoms with Gasteiger partial charge in [-0.2, -0.15) is 0 Å². The number of amides is 2. The topological polar surface area (TPSA) is 58.6 Å². The second kappa shape index (κ2) is 12.3. The van der Waals surface area contributed by atoms with Gasteiger partial charge in [-0.15, -0.1) is 0 Å². The molecule has 0 saturated carbocycles. The molecule has 0 heterocycles. The Morgan fingerprint density at radius 3 is 2.37 bits per heavy atom. The maximum atomic E-state index is 13.3. The van der Waals surface area contributed by atoms with Crippen LogP contribution in [0.5, 0.6) is 0 Å². The minimum absolute atomic E-state index is 0.139. The Bertz CT molecular complexity index is 812. The Morgan fingerprint density at radius 2 is 1.73 bits per heavy atom. The third-order valence-corrected chi connectivity index (χ3v) is 4.92. The van der Waals surface area contributed by atoms with Gasteiger partial charge in [0.2, 0.25) is 11.8 Å². The second-order valence-electron chi connectivity index (χ2n) is 6.97. The predicted octanol–water partition coefficient (Wildman–Crippen LogP) is 3.98. The Kier molecular flexibility index (Phi) is 9.77. The molecule has 0 aliphatic carbocycles. The summed E-state index contributed by atoms with van der Waals surface area (Å²) >= 11 is 5.92. The molecule has 2 rings (SSSR count). The molecule has 0 spiro atoms. The molecule has 0 aromatic heterocycles. The van der Waals surface area contributed by atoms with E-state index in [0.717, 1.165) is 11.1 Å². The molecule has 0 bridgehead atoms. The largest absolute Gasteiger partial charge is 0.382 e. The lowest BCUT2D eigenvalue weighted by Gasteiger charge is -2.29. The first kappa shape index (κ1) is 23.8. The number of carbonyl (C=O) groups is 2. The molecule has 1 atom stereocenters. The molecule has 2 aromatic rings. The molecule has 7 heteroatoms. The minimum atomic E-state index is -0.679. The van der Waals surface area contributed by atoms with Gasteiger partial charge in [0, 0.05) is 31.3 Å². The number of nitrogens with zero attached hydrogens (tertiary/aromatic N) is 1. The van der Waals surface area contributed by atoms with Crippen LogP contribution in [0.4, 0.5) is 4.39 Å². The lowest BCUT2D eigenvalue weighted by Crippen LogP contribution is -2.48. The van der Waals surface area contributed by atoms with Gasteiger partial charge in [-0.1, -0.05) is 35.9 Å². The first-order valence-corrected chi connectivity index (χ1v) is 10.4. The molecule has 162 valence electrons. The van der Waals surface area contributed by atoms with Crippen LogP contribution in [-0.4, -0.2) is 42.5 Å². The first-order valence-electron chi connectivity index (χ1n) is 10.0. The number of benzene rings is 2. The van der Waals surface area contributed by atoms with Gasteiger partial charge in [-0.05, 0) is 55.7 Å². The summed E-state index contributed by atoms with van der Waals surface area (Å²) in [5.74, 6) is -0.783. The molecule has 1 N–H and O–H groups in total. The van der Waals surface area contributed by atoms with E-state index in [2.05, 4.69) is 5.32 Å². The van der Waals surface area contributed by atoms with Gasteiger partial charge in [0.1, 0.15) is 11.9 Å². The van der Waals surface area contributed by atoms with Crippen molar-refractivity contribution in [1.82, 2.24) is 10.2 Å². The maximum Gasteiger partial charge on any atom is 0.242 e. The summed E-state index contributed by atoms with van der Waals surface area (Å²) in [6.45, 7) is 5.50. The van der Waals surface area contributed by atoms with Crippen molar-refractivity contribution in [2.75, 3.05) is 19.8 Å². The van der Waals surface area contributed by atoms with Crippen molar-refractivity contribution in [2.24, 2.45) is 0 Å². The van der Waals surface area contributed by atoms with Crippen LogP contribution < -0.4 is 5.32 Å². The van der Waals surface area contributed by atoms with Gasteiger partial charge in [0.15, 0.2) is 0 Å². The van der Waals surface area contributed by atoms with E-state index in [0.29, 0.717) is 31.2 Å². The molecule has 30 heavy (non-hydrogen) atoms. The number of hydrogen-bond donors (Lipinski definition) is 1. The maximum absolute atomic E-state index is 13.3. The lowest BCUT2D eigenvalue weighted by atomic mass is 10.1. The van der Waals surface area contributed by atoms with Crippen molar-refractivity contribution in [3.63, 3.8) is 0 Å². The van der Waals surface area contributed by atoms with Gasteiger partial charge in [-0.3, -0.25) is 9.59 Å². The highest BCUT2D eigenvalue weighted by Crippen LogP contribution is 2.15. The summed E-state index contributed by atoms with van der Waals surface area (Å²) in [7, 11) is 0. The molecule has 0 saturated heterocycles. The molecule has 0 fully saturated rings. The fourth-order valence-electron chi connectivity index (χ4n) is 2.93. The summed E-state index contributed by atoms with van der Waals surface area (Å²) in [5, 5.41) is 3.44. The third kappa shape index (κ3) is 7.76. The van der Waals surface area contributed by atoms with Gasteiger partial charge in [0.25, 0.3) is 0 Å². The van der Waals surface area contributed by atoms with E-state index in [-0.39, 0.29) is 30.6 Å². The number of hydrogen-bond acceptors (Lipinski definition) is 3. The molecule has 5 nitrogen and oxygen atoms in total. The highest BCUT2D eigenvalue weighted by Gasteiger charge is 2.26. The Balaban J connectivity index is 2.08. The molecule has 2 amide bonds. The number of halogens is 2. The Morgan fingerprint density at radius 1 is 1.10 bits per heavy atom. The average molecular weight is 435 g/mol. The van der Waals surface area contributed by atoms with Crippen molar-refractivity contribution >= 4 is 23.4 Å². The van der Waals surface area contributed by atoms with Crippen LogP contribution in [0.15, 0.2) is 48.5 Å². The fraction of sp³-hybridized carbons (Fsp3) is 0.391. The van der Waals surface area contributed by atoms with Crippen LogP contribution in [0.2, 0.25) is 5.02 Å². The molecular formula is C23H28ClFN2O3. The zero-order chi connectivity index (χ0) is 21.9. The molecular weight excluding hydrogens is 407 g/mol. The molecule has 0 aliphatic rings. The van der Waals surface area contributed by atoms with E-state index >= 15 is 0 Å². The van der Waals surface area contributed by atoms with Gasteiger partial charge in [0.05, 0.1) is 6.42 Å². The molecule has 2 aromatic carbocycles. The lowest BCUT2D eigenvalue weighted by molar-refractivity contribution is -0.140. The summed E-state index contributed by atoms with van der Waals surface area (Å²) in [6.07, 6.45) is 0.837. The predicted molar refractivity (Wildman–Crippen MR) is 116 cm³/mol. The second-order valence-corrected chi connectivity index (χ2v) is 7.41. The van der Waals surface area contributed by atoms with E-state index in [1.54, 1.807) is 43.3 Å². The normalized spacial score (nSPS) is 11.7. The van der Waals surface area contributed by atoms with Crippen LogP contribution in [0.1, 0.15) is 31.4 Å². The smallest absolute Gasteiger partial charge is 0.242 e. The van der Waals surface area contributed by atoms with Crippen molar-refractivity contribution in [3.8, 4) is 0 Å². The Labute approximate surface area is 182 Å². The van der Waals surface area contributed by atoms with Crippen molar-refractivity contribution in [1.29, 1.82) is 0 Å². The van der Waals surface area contributed by atoms with Crippen LogP contribution in [0.3, 0.4) is 0 Å². The summed E-state index contributed by atoms with van der Waals surface area (Å²) < 4.78 is 18.5. The third-order valence-electron chi connectivity index (χ3n) is 4.67. The fourth-order valence-corrected chi connectivity index (χ4v) is 3.05. The average Bonchev–Trinajstić information content (AvgIpc) is 2.74. The van der Waals surface area contributed by atoms with Crippen molar-refractivity contribution in [3.05, 3.63) is 70.5 Å². The monoisotopic (exact) mass is 434 g/mol. The SMILES string of the molecule is CCOCCCNC(=O)[C@@H](C)N(Cc1ccc(F)cc1)C(=O)Cc1ccc(Cl)cc1. The molecule has 0 unspecified atom stereocenters. The van der Waals surface area contributed by atoms with Crippen molar-refractivity contribution in [2.45, 2.75) is 39.3 Å². The van der Waals surface area contributed by atoms with E-state index < -0.39 is 6.04 Å². The zero-order valence-corrected chi connectivity index (χ0v) is 18.1. The first-order chi connectivity index (χ1) is 14.4. The van der Waals surface area contributed by atoms with Gasteiger partial charge >= 0.3 is 0 Å². The number of rotatable bonds is 11. The molecule has 0 aliphatic heterocycles. The summed E-state index contributed by atoms with van der Waals surface area (Å²) in [4.78, 5) is 27.2. The quantitative estimate of drug-likeness (QED) is 0.544. The van der Waals surface area contributed by atoms with E-state index in [4.69, 9.17) is 16.3 Å². The minimum Gasteiger partial charge on any atom is -0.382 e. The van der Waals surface area contributed by atoms with E-state index in [1.807, 2.05) is 6.92 Å². The van der Waals surface area contributed by atoms with Gasteiger partial charge < -0.3 is 15.0 Å². The number of carbonyl (C=O) groups excluding carboxylic acids is 2. The Hall–Kier alpha value is -2.44. The van der Waals surface area contributed by atoms with Crippen LogP contribution >= 0.6 is 11.6 Å². The van der Waals surface area contributed by atoms with Crippen molar-refractivity contribution < 1.29 is 18.7 Å².